The molecule has 12 heteroatoms. The molecule has 0 saturated heterocycles. The third kappa shape index (κ3) is 6.07. The highest BCUT2D eigenvalue weighted by atomic mass is 16.6. The highest BCUT2D eigenvalue weighted by Crippen LogP contribution is 2.75. The van der Waals surface area contributed by atoms with Gasteiger partial charge in [-0.3, -0.25) is 9.59 Å². The molecule has 0 bridgehead atoms. The van der Waals surface area contributed by atoms with E-state index in [-0.39, 0.29) is 39.4 Å². The Kier molecular flexibility index (Phi) is 10.6. The van der Waals surface area contributed by atoms with Crippen LogP contribution < -0.4 is 10.6 Å². The molecule has 14 atom stereocenters. The van der Waals surface area contributed by atoms with Crippen molar-refractivity contribution in [3.05, 3.63) is 23.5 Å². The van der Waals surface area contributed by atoms with Crippen molar-refractivity contribution in [1.29, 1.82) is 0 Å². The molecule has 0 radical (unpaired) electrons. The van der Waals surface area contributed by atoms with E-state index in [1.807, 2.05) is 0 Å². The van der Waals surface area contributed by atoms with Gasteiger partial charge < -0.3 is 45.6 Å². The van der Waals surface area contributed by atoms with Crippen molar-refractivity contribution in [2.24, 2.45) is 50.2 Å². The average molecular weight is 759 g/mol. The number of fused-ring (bicyclic) bond motifs is 7. The molecular weight excluding hydrogens is 692 g/mol. The van der Waals surface area contributed by atoms with Gasteiger partial charge in [0.25, 0.3) is 0 Å². The number of aliphatic hydroxyl groups excluding tert-OH is 5. The third-order valence-electron chi connectivity index (χ3n) is 16.4. The zero-order chi connectivity index (χ0) is 40.0. The van der Waals surface area contributed by atoms with E-state index in [1.54, 1.807) is 0 Å². The van der Waals surface area contributed by atoms with Gasteiger partial charge >= 0.3 is 5.97 Å². The first-order valence-corrected chi connectivity index (χ1v) is 20.1. The molecule has 6 aliphatic rings. The van der Waals surface area contributed by atoms with Gasteiger partial charge in [0.2, 0.25) is 17.6 Å². The van der Waals surface area contributed by atoms with Crippen molar-refractivity contribution >= 4 is 17.8 Å². The Morgan fingerprint density at radius 2 is 1.61 bits per heavy atom. The second-order valence-corrected chi connectivity index (χ2v) is 19.9. The molecule has 6 rings (SSSR count). The molecule has 7 N–H and O–H groups in total. The van der Waals surface area contributed by atoms with Gasteiger partial charge in [-0.25, -0.2) is 4.79 Å². The normalized spacial score (nSPS) is 44.6. The van der Waals surface area contributed by atoms with Crippen LogP contribution in [-0.4, -0.2) is 99.6 Å². The van der Waals surface area contributed by atoms with Crippen LogP contribution in [-0.2, 0) is 23.9 Å². The SMILES string of the molecule is COC(=O)C1=C[C@H](NC(=O)[C@]23CCC(C)(C)C[C@H]2C2=CC[C@@H]4[C@@]5(C)CC[C@H](O)C(C)(C)[C@@H]5CC[C@@]4(C)[C@]2(C)C[C@H]3O)[C@@H](NC(C)=O)[C@H]([C@H](O)[C@H](O)CO)O1. The van der Waals surface area contributed by atoms with Gasteiger partial charge in [0.15, 0.2) is 0 Å². The highest BCUT2D eigenvalue weighted by Gasteiger charge is 2.71. The first-order valence-electron chi connectivity index (χ1n) is 20.1. The van der Waals surface area contributed by atoms with Gasteiger partial charge in [-0.15, -0.1) is 0 Å². The van der Waals surface area contributed by atoms with Crippen molar-refractivity contribution < 1.29 is 49.4 Å². The third-order valence-corrected chi connectivity index (χ3v) is 16.4. The lowest BCUT2D eigenvalue weighted by Crippen LogP contribution is -2.70. The summed E-state index contributed by atoms with van der Waals surface area (Å²) in [4.78, 5) is 40.5. The molecule has 4 saturated carbocycles. The van der Waals surface area contributed by atoms with Crippen molar-refractivity contribution in [3.8, 4) is 0 Å². The summed E-state index contributed by atoms with van der Waals surface area (Å²) < 4.78 is 10.7. The van der Waals surface area contributed by atoms with E-state index in [4.69, 9.17) is 9.47 Å². The molecule has 2 amide bonds. The fraction of sp³-hybridized carbons (Fsp3) is 0.833. The number of hydrogen-bond acceptors (Lipinski definition) is 10. The molecule has 5 aliphatic carbocycles. The van der Waals surface area contributed by atoms with Crippen LogP contribution in [0.2, 0.25) is 0 Å². The summed E-state index contributed by atoms with van der Waals surface area (Å²) in [5.74, 6) is -1.71. The summed E-state index contributed by atoms with van der Waals surface area (Å²) >= 11 is 0. The molecule has 0 aromatic rings. The van der Waals surface area contributed by atoms with E-state index in [0.717, 1.165) is 39.2 Å². The molecule has 4 fully saturated rings. The first-order chi connectivity index (χ1) is 25.0. The number of methoxy groups -OCH3 is 1. The predicted octanol–water partition coefficient (Wildman–Crippen LogP) is 3.28. The summed E-state index contributed by atoms with van der Waals surface area (Å²) in [6.07, 6.45) is 4.32. The maximum atomic E-state index is 15.2. The van der Waals surface area contributed by atoms with Crippen LogP contribution in [0.25, 0.3) is 0 Å². The van der Waals surface area contributed by atoms with Crippen molar-refractivity contribution in [1.82, 2.24) is 10.6 Å². The van der Waals surface area contributed by atoms with Crippen molar-refractivity contribution in [2.75, 3.05) is 13.7 Å². The van der Waals surface area contributed by atoms with Crippen molar-refractivity contribution in [3.63, 3.8) is 0 Å². The van der Waals surface area contributed by atoms with Crippen LogP contribution in [0.3, 0.4) is 0 Å². The lowest BCUT2D eigenvalue weighted by atomic mass is 9.33. The summed E-state index contributed by atoms with van der Waals surface area (Å²) in [5.41, 5.74) is -0.822. The molecule has 12 nitrogen and oxygen atoms in total. The molecular formula is C42H66N2O10. The summed E-state index contributed by atoms with van der Waals surface area (Å²) in [6, 6.07) is -2.26. The Morgan fingerprint density at radius 1 is 0.926 bits per heavy atom. The molecule has 0 aromatic heterocycles. The maximum absolute atomic E-state index is 15.2. The van der Waals surface area contributed by atoms with E-state index < -0.39 is 71.7 Å². The molecule has 0 aromatic carbocycles. The van der Waals surface area contributed by atoms with Gasteiger partial charge in [-0.2, -0.15) is 0 Å². The lowest BCUT2D eigenvalue weighted by molar-refractivity contribution is -0.215. The van der Waals surface area contributed by atoms with Crippen LogP contribution in [0.1, 0.15) is 113 Å². The van der Waals surface area contributed by atoms with Gasteiger partial charge in [0, 0.05) is 6.92 Å². The molecule has 0 spiro atoms. The number of aliphatic hydroxyl groups is 5. The number of rotatable bonds is 7. The Balaban J connectivity index is 1.41. The Bertz CT molecular complexity index is 1570. The zero-order valence-electron chi connectivity index (χ0n) is 33.8. The Morgan fingerprint density at radius 3 is 2.24 bits per heavy atom. The fourth-order valence-corrected chi connectivity index (χ4v) is 13.1. The number of carbonyl (C=O) groups excluding carboxylic acids is 3. The standard InChI is InChI=1S/C42H66N2O10/c1-22(46)43-32-25(18-27(35(51)53-9)54-34(32)33(50)26(47)21-45)44-36(52)42-17-16-37(2,3)19-24(42)23-10-11-29-39(6)14-13-30(48)38(4,5)28(39)12-15-40(29,7)41(23,8)20-31(42)49/h10,18,24-26,28-34,45,47-50H,11-17,19-21H2,1-9H3,(H,43,46)(H,44,52)/t24-,25-,26+,28-,29+,30-,31+,32+,33+,34+,39-,40+,41+,42+/m0/s1. The minimum Gasteiger partial charge on any atom is -0.478 e. The number of esters is 1. The minimum absolute atomic E-state index is 0.0135. The van der Waals surface area contributed by atoms with Gasteiger partial charge in [-0.1, -0.05) is 60.1 Å². The Labute approximate surface area is 320 Å². The van der Waals surface area contributed by atoms with Gasteiger partial charge in [-0.05, 0) is 109 Å². The van der Waals surface area contributed by atoms with E-state index >= 15 is 4.79 Å². The molecule has 1 heterocycles. The maximum Gasteiger partial charge on any atom is 0.373 e. The highest BCUT2D eigenvalue weighted by molar-refractivity contribution is 5.88. The quantitative estimate of drug-likeness (QED) is 0.150. The molecule has 1 aliphatic heterocycles. The van der Waals surface area contributed by atoms with Gasteiger partial charge in [0.1, 0.15) is 18.3 Å². The smallest absolute Gasteiger partial charge is 0.373 e. The number of ether oxygens (including phenoxy) is 2. The summed E-state index contributed by atoms with van der Waals surface area (Å²) in [5, 5.41) is 60.7. The lowest BCUT2D eigenvalue weighted by Gasteiger charge is -2.71. The van der Waals surface area contributed by atoms with E-state index in [9.17, 15) is 35.1 Å². The monoisotopic (exact) mass is 758 g/mol. The van der Waals surface area contributed by atoms with Crippen LogP contribution >= 0.6 is 0 Å². The van der Waals surface area contributed by atoms with Crippen LogP contribution in [0.15, 0.2) is 23.5 Å². The van der Waals surface area contributed by atoms with Crippen LogP contribution in [0.4, 0.5) is 0 Å². The van der Waals surface area contributed by atoms with Crippen LogP contribution in [0.5, 0.6) is 0 Å². The van der Waals surface area contributed by atoms with Gasteiger partial charge in [0.05, 0.1) is 43.4 Å². The fourth-order valence-electron chi connectivity index (χ4n) is 13.1. The summed E-state index contributed by atoms with van der Waals surface area (Å²) in [7, 11) is 1.16. The number of allylic oxidation sites excluding steroid dienone is 2. The predicted molar refractivity (Wildman–Crippen MR) is 200 cm³/mol. The number of carbonyl (C=O) groups is 3. The Hall–Kier alpha value is -2.51. The molecule has 54 heavy (non-hydrogen) atoms. The second-order valence-electron chi connectivity index (χ2n) is 19.9. The average Bonchev–Trinajstić information content (AvgIpc) is 3.09. The van der Waals surface area contributed by atoms with E-state index in [0.29, 0.717) is 37.5 Å². The van der Waals surface area contributed by atoms with Crippen LogP contribution in [0, 0.1) is 50.2 Å². The largest absolute Gasteiger partial charge is 0.478 e. The first kappa shape index (κ1) is 41.1. The van der Waals surface area contributed by atoms with Crippen molar-refractivity contribution in [2.45, 2.75) is 156 Å². The molecule has 304 valence electrons. The number of amides is 2. The summed E-state index contributed by atoms with van der Waals surface area (Å²) in [6.45, 7) is 16.5. The molecule has 0 unspecified atom stereocenters. The number of nitrogens with one attached hydrogen (secondary N) is 2. The zero-order valence-corrected chi connectivity index (χ0v) is 33.8. The minimum atomic E-state index is -1.75. The topological polar surface area (TPSA) is 195 Å². The second kappa shape index (κ2) is 13.9. The number of hydrogen-bond donors (Lipinski definition) is 7. The van der Waals surface area contributed by atoms with E-state index in [2.05, 4.69) is 65.2 Å². The van der Waals surface area contributed by atoms with E-state index in [1.165, 1.54) is 18.6 Å².